The molecule has 1 fully saturated rings. The number of nitrogens with zero attached hydrogens (tertiary/aromatic N) is 1. The molecule has 1 aromatic rings. The van der Waals surface area contributed by atoms with Gasteiger partial charge in [0, 0.05) is 17.1 Å². The van der Waals surface area contributed by atoms with Gasteiger partial charge in [0.05, 0.1) is 0 Å². The molecule has 1 heterocycles. The monoisotopic (exact) mass is 225 g/mol. The van der Waals surface area contributed by atoms with Crippen molar-refractivity contribution in [1.82, 2.24) is 4.90 Å². The Balaban J connectivity index is 2.05. The molecule has 2 rings (SSSR count). The number of piperidine rings is 1. The number of likely N-dealkylation sites (tertiary alicyclic amines) is 1. The van der Waals surface area contributed by atoms with Crippen molar-refractivity contribution in [2.75, 3.05) is 13.1 Å². The van der Waals surface area contributed by atoms with Crippen molar-refractivity contribution in [2.24, 2.45) is 0 Å². The van der Waals surface area contributed by atoms with Crippen LogP contribution in [-0.2, 0) is 6.54 Å². The molecule has 1 N–H and O–H groups in total. The van der Waals surface area contributed by atoms with Crippen molar-refractivity contribution in [1.29, 1.82) is 0 Å². The molecule has 0 saturated carbocycles. The molecular weight excluding hydrogens is 210 g/mol. The van der Waals surface area contributed by atoms with Crippen LogP contribution in [0.25, 0.3) is 0 Å². The van der Waals surface area contributed by atoms with Gasteiger partial charge < -0.3 is 5.11 Å². The van der Waals surface area contributed by atoms with Gasteiger partial charge in [0.2, 0.25) is 0 Å². The maximum atomic E-state index is 9.68. The maximum absolute atomic E-state index is 9.68. The number of benzene rings is 1. The number of phenolic OH excluding ortho intramolecular Hbond substituents is 1. The van der Waals surface area contributed by atoms with Crippen molar-refractivity contribution in [3.8, 4) is 5.75 Å². The summed E-state index contributed by atoms with van der Waals surface area (Å²) < 4.78 is 0. The Hall–Kier alpha value is -0.730. The van der Waals surface area contributed by atoms with Crippen molar-refractivity contribution in [2.45, 2.75) is 25.8 Å². The molecule has 0 atom stereocenters. The van der Waals surface area contributed by atoms with E-state index in [4.69, 9.17) is 11.6 Å². The molecule has 82 valence electrons. The number of aromatic hydroxyl groups is 1. The average Bonchev–Trinajstić information content (AvgIpc) is 2.25. The second-order valence-electron chi connectivity index (χ2n) is 4.11. The number of halogens is 1. The van der Waals surface area contributed by atoms with Crippen LogP contribution in [0, 0.1) is 0 Å². The number of hydrogen-bond acceptors (Lipinski definition) is 2. The lowest BCUT2D eigenvalue weighted by Crippen LogP contribution is -2.29. The summed E-state index contributed by atoms with van der Waals surface area (Å²) in [6, 6.07) is 5.24. The Labute approximate surface area is 95.5 Å². The Kier molecular flexibility index (Phi) is 3.49. The molecule has 0 bridgehead atoms. The highest BCUT2D eigenvalue weighted by Gasteiger charge is 2.12. The predicted molar refractivity (Wildman–Crippen MR) is 62.2 cm³/mol. The second-order valence-corrected chi connectivity index (χ2v) is 4.55. The molecule has 0 unspecified atom stereocenters. The minimum absolute atomic E-state index is 0.352. The van der Waals surface area contributed by atoms with Crippen LogP contribution < -0.4 is 0 Å². The lowest BCUT2D eigenvalue weighted by atomic mass is 10.1. The molecule has 0 spiro atoms. The van der Waals surface area contributed by atoms with E-state index >= 15 is 0 Å². The highest BCUT2D eigenvalue weighted by atomic mass is 35.5. The van der Waals surface area contributed by atoms with Crippen LogP contribution in [0.4, 0.5) is 0 Å². The molecule has 1 saturated heterocycles. The Morgan fingerprint density at radius 1 is 1.20 bits per heavy atom. The number of phenols is 1. The molecule has 0 amide bonds. The third-order valence-corrected chi connectivity index (χ3v) is 3.12. The van der Waals surface area contributed by atoms with Crippen LogP contribution in [0.5, 0.6) is 5.75 Å². The van der Waals surface area contributed by atoms with Crippen LogP contribution in [-0.4, -0.2) is 23.1 Å². The fraction of sp³-hybridized carbons (Fsp3) is 0.500. The summed E-state index contributed by atoms with van der Waals surface area (Å²) in [6.07, 6.45) is 3.86. The van der Waals surface area contributed by atoms with Gasteiger partial charge in [-0.25, -0.2) is 0 Å². The zero-order valence-corrected chi connectivity index (χ0v) is 9.50. The van der Waals surface area contributed by atoms with E-state index in [1.54, 1.807) is 12.1 Å². The lowest BCUT2D eigenvalue weighted by molar-refractivity contribution is 0.218. The van der Waals surface area contributed by atoms with Crippen molar-refractivity contribution >= 4 is 11.6 Å². The van der Waals surface area contributed by atoms with E-state index in [1.807, 2.05) is 6.07 Å². The molecule has 1 aromatic carbocycles. The van der Waals surface area contributed by atoms with Crippen LogP contribution in [0.1, 0.15) is 24.8 Å². The Bertz CT molecular complexity index is 334. The fourth-order valence-corrected chi connectivity index (χ4v) is 2.23. The third kappa shape index (κ3) is 2.86. The van der Waals surface area contributed by atoms with Crippen molar-refractivity contribution < 1.29 is 5.11 Å². The minimum Gasteiger partial charge on any atom is -0.508 e. The largest absolute Gasteiger partial charge is 0.508 e. The van der Waals surface area contributed by atoms with Crippen LogP contribution in [0.15, 0.2) is 18.2 Å². The van der Waals surface area contributed by atoms with Crippen LogP contribution in [0.3, 0.4) is 0 Å². The number of hydrogen-bond donors (Lipinski definition) is 1. The minimum atomic E-state index is 0.352. The van der Waals surface area contributed by atoms with Crippen molar-refractivity contribution in [3.05, 3.63) is 28.8 Å². The van der Waals surface area contributed by atoms with Crippen LogP contribution in [0.2, 0.25) is 5.02 Å². The zero-order valence-electron chi connectivity index (χ0n) is 8.75. The smallest absolute Gasteiger partial charge is 0.120 e. The van der Waals surface area contributed by atoms with Gasteiger partial charge in [-0.05, 0) is 44.1 Å². The standard InChI is InChI=1S/C12H16ClNO/c13-11-4-5-12(15)10(8-11)9-14-6-2-1-3-7-14/h4-5,8,15H,1-3,6-7,9H2. The third-order valence-electron chi connectivity index (χ3n) is 2.88. The summed E-state index contributed by atoms with van der Waals surface area (Å²) in [6.45, 7) is 3.07. The summed E-state index contributed by atoms with van der Waals surface area (Å²) >= 11 is 5.90. The van der Waals surface area contributed by atoms with Crippen LogP contribution >= 0.6 is 11.6 Å². The number of rotatable bonds is 2. The average molecular weight is 226 g/mol. The highest BCUT2D eigenvalue weighted by molar-refractivity contribution is 6.30. The van der Waals surface area contributed by atoms with E-state index in [9.17, 15) is 5.11 Å². The normalized spacial score (nSPS) is 17.9. The SMILES string of the molecule is Oc1ccc(Cl)cc1CN1CCCCC1. The molecule has 0 radical (unpaired) electrons. The van der Waals surface area contributed by atoms with Crippen molar-refractivity contribution in [3.63, 3.8) is 0 Å². The summed E-state index contributed by atoms with van der Waals surface area (Å²) in [5.74, 6) is 0.352. The summed E-state index contributed by atoms with van der Waals surface area (Å²) in [7, 11) is 0. The van der Waals surface area contributed by atoms with Gasteiger partial charge in [-0.1, -0.05) is 18.0 Å². The van der Waals surface area contributed by atoms with Gasteiger partial charge in [0.1, 0.15) is 5.75 Å². The zero-order chi connectivity index (χ0) is 10.7. The van der Waals surface area contributed by atoms with Gasteiger partial charge >= 0.3 is 0 Å². The molecule has 3 heteroatoms. The molecular formula is C12H16ClNO. The Morgan fingerprint density at radius 3 is 2.67 bits per heavy atom. The molecule has 1 aliphatic rings. The van der Waals surface area contributed by atoms with E-state index in [-0.39, 0.29) is 0 Å². The van der Waals surface area contributed by atoms with Gasteiger partial charge in [0.25, 0.3) is 0 Å². The first-order chi connectivity index (χ1) is 7.25. The maximum Gasteiger partial charge on any atom is 0.120 e. The van der Waals surface area contributed by atoms with E-state index in [2.05, 4.69) is 4.90 Å². The Morgan fingerprint density at radius 2 is 1.93 bits per heavy atom. The summed E-state index contributed by atoms with van der Waals surface area (Å²) in [5.41, 5.74) is 0.935. The topological polar surface area (TPSA) is 23.5 Å². The summed E-state index contributed by atoms with van der Waals surface area (Å²) in [4.78, 5) is 2.37. The van der Waals surface area contributed by atoms with Gasteiger partial charge in [0.15, 0.2) is 0 Å². The van der Waals surface area contributed by atoms with Gasteiger partial charge in [-0.15, -0.1) is 0 Å². The molecule has 0 aromatic heterocycles. The quantitative estimate of drug-likeness (QED) is 0.837. The predicted octanol–water partition coefficient (Wildman–Crippen LogP) is 3.03. The van der Waals surface area contributed by atoms with E-state index in [1.165, 1.54) is 19.3 Å². The molecule has 1 aliphatic heterocycles. The van der Waals surface area contributed by atoms with E-state index in [0.29, 0.717) is 10.8 Å². The van der Waals surface area contributed by atoms with E-state index < -0.39 is 0 Å². The van der Waals surface area contributed by atoms with E-state index in [0.717, 1.165) is 25.2 Å². The molecule has 2 nitrogen and oxygen atoms in total. The first kappa shape index (κ1) is 10.8. The molecule has 15 heavy (non-hydrogen) atoms. The fourth-order valence-electron chi connectivity index (χ4n) is 2.04. The molecule has 0 aliphatic carbocycles. The lowest BCUT2D eigenvalue weighted by Gasteiger charge is -2.26. The van der Waals surface area contributed by atoms with Gasteiger partial charge in [-0.3, -0.25) is 4.90 Å². The highest BCUT2D eigenvalue weighted by Crippen LogP contribution is 2.24. The second kappa shape index (κ2) is 4.86. The first-order valence-corrected chi connectivity index (χ1v) is 5.83. The van der Waals surface area contributed by atoms with Gasteiger partial charge in [-0.2, -0.15) is 0 Å². The summed E-state index contributed by atoms with van der Waals surface area (Å²) in [5, 5.41) is 10.4. The first-order valence-electron chi connectivity index (χ1n) is 5.45.